The van der Waals surface area contributed by atoms with E-state index in [9.17, 15) is 4.39 Å². The Balaban J connectivity index is 1.82. The Morgan fingerprint density at radius 2 is 2.22 bits per heavy atom. The highest BCUT2D eigenvalue weighted by atomic mass is 32.1. The molecule has 7 heteroatoms. The Morgan fingerprint density at radius 3 is 3.00 bits per heavy atom. The third-order valence-electron chi connectivity index (χ3n) is 2.25. The van der Waals surface area contributed by atoms with Gasteiger partial charge in [-0.1, -0.05) is 6.07 Å². The summed E-state index contributed by atoms with van der Waals surface area (Å²) < 4.78 is 12.9. The highest BCUT2D eigenvalue weighted by Gasteiger charge is 2.06. The highest BCUT2D eigenvalue weighted by Crippen LogP contribution is 2.25. The molecule has 5 nitrogen and oxygen atoms in total. The van der Waals surface area contributed by atoms with E-state index in [1.54, 1.807) is 24.5 Å². The molecule has 0 aliphatic heterocycles. The van der Waals surface area contributed by atoms with Crippen LogP contribution in [0, 0.1) is 5.95 Å². The molecule has 0 saturated heterocycles. The third-order valence-corrected chi connectivity index (χ3v) is 3.01. The molecule has 2 N–H and O–H groups in total. The zero-order chi connectivity index (χ0) is 12.4. The second-order valence-electron chi connectivity index (χ2n) is 3.50. The number of hydrogen-bond acceptors (Lipinski definition) is 5. The molecule has 0 unspecified atom stereocenters. The zero-order valence-corrected chi connectivity index (χ0v) is 9.91. The van der Waals surface area contributed by atoms with E-state index >= 15 is 0 Å². The van der Waals surface area contributed by atoms with Gasteiger partial charge in [0.1, 0.15) is 5.82 Å². The Kier molecular flexibility index (Phi) is 2.73. The zero-order valence-electron chi connectivity index (χ0n) is 9.09. The molecular formula is C11H8FN5S. The standard InChI is InChI=1S/C11H8FN5S/c12-9-2-1-3-10(16-9)17-11-15-8(6-18-11)7-4-13-14-5-7/h1-6H,(H,13,14)(H,15,16,17). The summed E-state index contributed by atoms with van der Waals surface area (Å²) in [6.07, 6.45) is 3.46. The SMILES string of the molecule is Fc1cccc(Nc2nc(-c3cn[nH]c3)cs2)n1. The van der Waals surface area contributed by atoms with Crippen molar-refractivity contribution in [3.8, 4) is 11.3 Å². The van der Waals surface area contributed by atoms with Gasteiger partial charge in [-0.15, -0.1) is 11.3 Å². The summed E-state index contributed by atoms with van der Waals surface area (Å²) in [5.74, 6) is -0.0882. The predicted molar refractivity (Wildman–Crippen MR) is 67.2 cm³/mol. The van der Waals surface area contributed by atoms with Gasteiger partial charge >= 0.3 is 0 Å². The van der Waals surface area contributed by atoms with Crippen molar-refractivity contribution in [1.82, 2.24) is 20.2 Å². The smallest absolute Gasteiger partial charge is 0.214 e. The molecule has 90 valence electrons. The Bertz CT molecular complexity index is 649. The van der Waals surface area contributed by atoms with Crippen LogP contribution >= 0.6 is 11.3 Å². The molecule has 0 radical (unpaired) electrons. The lowest BCUT2D eigenvalue weighted by molar-refractivity contribution is 0.585. The van der Waals surface area contributed by atoms with Gasteiger partial charge in [-0.2, -0.15) is 9.49 Å². The topological polar surface area (TPSA) is 66.5 Å². The van der Waals surface area contributed by atoms with Crippen molar-refractivity contribution >= 4 is 22.3 Å². The number of anilines is 2. The van der Waals surface area contributed by atoms with Crippen LogP contribution in [0.5, 0.6) is 0 Å². The molecule has 0 bridgehead atoms. The molecule has 0 fully saturated rings. The van der Waals surface area contributed by atoms with E-state index in [2.05, 4.69) is 25.5 Å². The molecular weight excluding hydrogens is 253 g/mol. The fourth-order valence-corrected chi connectivity index (χ4v) is 2.17. The Hall–Kier alpha value is -2.28. The number of aromatic amines is 1. The average Bonchev–Trinajstić information content (AvgIpc) is 2.98. The second-order valence-corrected chi connectivity index (χ2v) is 4.35. The van der Waals surface area contributed by atoms with Crippen LogP contribution < -0.4 is 5.32 Å². The number of pyridine rings is 1. The maximum Gasteiger partial charge on any atom is 0.214 e. The number of thiazole rings is 1. The summed E-state index contributed by atoms with van der Waals surface area (Å²) in [7, 11) is 0. The maximum atomic E-state index is 12.9. The predicted octanol–water partition coefficient (Wildman–Crippen LogP) is 2.81. The van der Waals surface area contributed by atoms with Gasteiger partial charge in [-0.3, -0.25) is 5.10 Å². The molecule has 3 aromatic heterocycles. The van der Waals surface area contributed by atoms with Crippen molar-refractivity contribution < 1.29 is 4.39 Å². The largest absolute Gasteiger partial charge is 0.316 e. The van der Waals surface area contributed by atoms with E-state index < -0.39 is 5.95 Å². The average molecular weight is 261 g/mol. The Labute approximate surface area is 106 Å². The summed E-state index contributed by atoms with van der Waals surface area (Å²) in [6, 6.07) is 4.57. The minimum absolute atomic E-state index is 0.433. The fraction of sp³-hybridized carbons (Fsp3) is 0. The van der Waals surface area contributed by atoms with Gasteiger partial charge in [0, 0.05) is 17.1 Å². The molecule has 0 aliphatic rings. The van der Waals surface area contributed by atoms with Gasteiger partial charge in [0.25, 0.3) is 0 Å². The van der Waals surface area contributed by atoms with Crippen LogP contribution in [0.4, 0.5) is 15.3 Å². The summed E-state index contributed by atoms with van der Waals surface area (Å²) in [5, 5.41) is 12.1. The van der Waals surface area contributed by atoms with Crippen molar-refractivity contribution in [2.45, 2.75) is 0 Å². The number of halogens is 1. The number of nitrogens with zero attached hydrogens (tertiary/aromatic N) is 3. The molecule has 3 aromatic rings. The van der Waals surface area contributed by atoms with E-state index in [1.807, 2.05) is 5.38 Å². The molecule has 3 heterocycles. The summed E-state index contributed by atoms with van der Waals surface area (Å²) >= 11 is 1.42. The van der Waals surface area contributed by atoms with Gasteiger partial charge in [0.15, 0.2) is 5.13 Å². The van der Waals surface area contributed by atoms with Gasteiger partial charge in [-0.25, -0.2) is 9.97 Å². The van der Waals surface area contributed by atoms with Crippen LogP contribution in [-0.4, -0.2) is 20.2 Å². The molecule has 18 heavy (non-hydrogen) atoms. The van der Waals surface area contributed by atoms with Crippen molar-refractivity contribution in [3.63, 3.8) is 0 Å². The molecule has 3 rings (SSSR count). The van der Waals surface area contributed by atoms with Gasteiger partial charge in [0.2, 0.25) is 5.95 Å². The lowest BCUT2D eigenvalue weighted by atomic mass is 10.3. The van der Waals surface area contributed by atoms with Gasteiger partial charge in [-0.05, 0) is 12.1 Å². The number of aromatic nitrogens is 4. The number of rotatable bonds is 3. The maximum absolute atomic E-state index is 12.9. The fourth-order valence-electron chi connectivity index (χ4n) is 1.44. The van der Waals surface area contributed by atoms with E-state index in [0.717, 1.165) is 11.3 Å². The first-order chi connectivity index (χ1) is 8.81. The summed E-state index contributed by atoms with van der Waals surface area (Å²) in [6.45, 7) is 0. The monoisotopic (exact) mass is 261 g/mol. The minimum atomic E-state index is -0.522. The van der Waals surface area contributed by atoms with Crippen molar-refractivity contribution in [1.29, 1.82) is 0 Å². The summed E-state index contributed by atoms with van der Waals surface area (Å²) in [5.41, 5.74) is 1.72. The molecule has 0 atom stereocenters. The van der Waals surface area contributed by atoms with E-state index in [0.29, 0.717) is 10.9 Å². The number of H-pyrrole nitrogens is 1. The van der Waals surface area contributed by atoms with Gasteiger partial charge in [0.05, 0.1) is 11.9 Å². The van der Waals surface area contributed by atoms with E-state index in [4.69, 9.17) is 0 Å². The number of hydrogen-bond donors (Lipinski definition) is 2. The third kappa shape index (κ3) is 2.21. The Morgan fingerprint density at radius 1 is 1.28 bits per heavy atom. The molecule has 0 aliphatic carbocycles. The van der Waals surface area contributed by atoms with Crippen LogP contribution in [0.1, 0.15) is 0 Å². The molecule has 0 aromatic carbocycles. The first kappa shape index (κ1) is 10.8. The van der Waals surface area contributed by atoms with Crippen LogP contribution in [0.15, 0.2) is 36.0 Å². The van der Waals surface area contributed by atoms with E-state index in [-0.39, 0.29) is 0 Å². The van der Waals surface area contributed by atoms with Crippen LogP contribution in [-0.2, 0) is 0 Å². The second kappa shape index (κ2) is 4.53. The van der Waals surface area contributed by atoms with Crippen LogP contribution in [0.3, 0.4) is 0 Å². The molecule has 0 spiro atoms. The first-order valence-electron chi connectivity index (χ1n) is 5.15. The lowest BCUT2D eigenvalue weighted by Crippen LogP contribution is -1.94. The van der Waals surface area contributed by atoms with Crippen molar-refractivity contribution in [3.05, 3.63) is 41.9 Å². The van der Waals surface area contributed by atoms with E-state index in [1.165, 1.54) is 17.4 Å². The van der Waals surface area contributed by atoms with Crippen LogP contribution in [0.25, 0.3) is 11.3 Å². The first-order valence-corrected chi connectivity index (χ1v) is 6.03. The summed E-state index contributed by atoms with van der Waals surface area (Å²) in [4.78, 5) is 8.07. The highest BCUT2D eigenvalue weighted by molar-refractivity contribution is 7.14. The molecule has 0 saturated carbocycles. The van der Waals surface area contributed by atoms with Crippen molar-refractivity contribution in [2.75, 3.05) is 5.32 Å². The minimum Gasteiger partial charge on any atom is -0.316 e. The number of nitrogens with one attached hydrogen (secondary N) is 2. The van der Waals surface area contributed by atoms with Crippen molar-refractivity contribution in [2.24, 2.45) is 0 Å². The normalized spacial score (nSPS) is 10.5. The van der Waals surface area contributed by atoms with Crippen LogP contribution in [0.2, 0.25) is 0 Å². The quantitative estimate of drug-likeness (QED) is 0.711. The molecule has 0 amide bonds. The van der Waals surface area contributed by atoms with Gasteiger partial charge < -0.3 is 5.32 Å². The lowest BCUT2D eigenvalue weighted by Gasteiger charge is -2.00.